The summed E-state index contributed by atoms with van der Waals surface area (Å²) < 4.78 is 5.65. The lowest BCUT2D eigenvalue weighted by Crippen LogP contribution is -2.47. The Morgan fingerprint density at radius 2 is 2.06 bits per heavy atom. The molecule has 0 bridgehead atoms. The lowest BCUT2D eigenvalue weighted by molar-refractivity contribution is -0.131. The summed E-state index contributed by atoms with van der Waals surface area (Å²) in [7, 11) is 2.11. The van der Waals surface area contributed by atoms with E-state index in [2.05, 4.69) is 17.3 Å². The standard InChI is InChI=1S/C13H25N3O2/c1-15-7-8-18-12(11-15)9-14-10-13(17)16-5-3-2-4-6-16/h12,14H,2-11H2,1H3. The van der Waals surface area contributed by atoms with E-state index in [0.29, 0.717) is 6.54 Å². The first-order valence-corrected chi connectivity index (χ1v) is 7.04. The second-order valence-electron chi connectivity index (χ2n) is 5.33. The van der Waals surface area contributed by atoms with Gasteiger partial charge in [-0.25, -0.2) is 0 Å². The molecule has 0 aromatic heterocycles. The molecule has 2 aliphatic heterocycles. The van der Waals surface area contributed by atoms with Crippen molar-refractivity contribution in [1.29, 1.82) is 0 Å². The summed E-state index contributed by atoms with van der Waals surface area (Å²) in [6.07, 6.45) is 3.79. The van der Waals surface area contributed by atoms with Crippen LogP contribution in [0.5, 0.6) is 0 Å². The minimum atomic E-state index is 0.220. The van der Waals surface area contributed by atoms with Crippen LogP contribution in [0.25, 0.3) is 0 Å². The number of ether oxygens (including phenoxy) is 1. The van der Waals surface area contributed by atoms with Gasteiger partial charge in [-0.1, -0.05) is 0 Å². The van der Waals surface area contributed by atoms with Crippen LogP contribution >= 0.6 is 0 Å². The van der Waals surface area contributed by atoms with E-state index in [0.717, 1.165) is 52.2 Å². The molecule has 5 nitrogen and oxygen atoms in total. The predicted octanol–water partition coefficient (Wildman–Crippen LogP) is -0.0809. The van der Waals surface area contributed by atoms with Crippen molar-refractivity contribution in [2.24, 2.45) is 0 Å². The SMILES string of the molecule is CN1CCOC(CNCC(=O)N2CCCCC2)C1. The summed E-state index contributed by atoms with van der Waals surface area (Å²) in [5, 5.41) is 3.23. The van der Waals surface area contributed by atoms with Crippen LogP contribution in [0.4, 0.5) is 0 Å². The van der Waals surface area contributed by atoms with Gasteiger partial charge in [-0.2, -0.15) is 0 Å². The van der Waals surface area contributed by atoms with E-state index in [-0.39, 0.29) is 12.0 Å². The van der Waals surface area contributed by atoms with Crippen LogP contribution in [0.2, 0.25) is 0 Å². The Morgan fingerprint density at radius 1 is 1.28 bits per heavy atom. The molecule has 1 unspecified atom stereocenters. The maximum Gasteiger partial charge on any atom is 0.236 e. The van der Waals surface area contributed by atoms with Gasteiger partial charge >= 0.3 is 0 Å². The molecule has 18 heavy (non-hydrogen) atoms. The first-order valence-electron chi connectivity index (χ1n) is 7.04. The minimum Gasteiger partial charge on any atom is -0.374 e. The van der Waals surface area contributed by atoms with Gasteiger partial charge < -0.3 is 19.9 Å². The summed E-state index contributed by atoms with van der Waals surface area (Å²) in [5.41, 5.74) is 0. The highest BCUT2D eigenvalue weighted by Gasteiger charge is 2.19. The van der Waals surface area contributed by atoms with Crippen molar-refractivity contribution in [3.05, 3.63) is 0 Å². The molecular formula is C13H25N3O2. The number of hydrogen-bond acceptors (Lipinski definition) is 4. The molecule has 0 saturated carbocycles. The lowest BCUT2D eigenvalue weighted by atomic mass is 10.1. The van der Waals surface area contributed by atoms with Crippen LogP contribution in [-0.4, -0.2) is 74.7 Å². The molecule has 5 heteroatoms. The maximum atomic E-state index is 11.9. The van der Waals surface area contributed by atoms with Crippen LogP contribution in [-0.2, 0) is 9.53 Å². The summed E-state index contributed by atoms with van der Waals surface area (Å²) >= 11 is 0. The Bertz CT molecular complexity index is 267. The summed E-state index contributed by atoms with van der Waals surface area (Å²) in [6, 6.07) is 0. The highest BCUT2D eigenvalue weighted by Crippen LogP contribution is 2.08. The van der Waals surface area contributed by atoms with Crippen LogP contribution in [0.3, 0.4) is 0 Å². The number of amides is 1. The number of morpholine rings is 1. The van der Waals surface area contributed by atoms with Crippen LogP contribution in [0, 0.1) is 0 Å². The number of likely N-dealkylation sites (tertiary alicyclic amines) is 1. The Balaban J connectivity index is 1.60. The third kappa shape index (κ3) is 4.23. The fraction of sp³-hybridized carbons (Fsp3) is 0.923. The zero-order valence-electron chi connectivity index (χ0n) is 11.4. The molecule has 2 aliphatic rings. The molecule has 0 spiro atoms. The van der Waals surface area contributed by atoms with Crippen molar-refractivity contribution in [1.82, 2.24) is 15.1 Å². The van der Waals surface area contributed by atoms with Crippen LogP contribution in [0.15, 0.2) is 0 Å². The van der Waals surface area contributed by atoms with Gasteiger partial charge in [0.05, 0.1) is 19.3 Å². The summed E-state index contributed by atoms with van der Waals surface area (Å²) in [5.74, 6) is 0.235. The smallest absolute Gasteiger partial charge is 0.236 e. The van der Waals surface area contributed by atoms with Gasteiger partial charge in [0.1, 0.15) is 0 Å². The summed E-state index contributed by atoms with van der Waals surface area (Å²) in [4.78, 5) is 16.2. The molecule has 0 aromatic carbocycles. The Morgan fingerprint density at radius 3 is 2.78 bits per heavy atom. The molecule has 104 valence electrons. The van der Waals surface area contributed by atoms with Crippen molar-refractivity contribution in [3.63, 3.8) is 0 Å². The first kappa shape index (κ1) is 13.8. The highest BCUT2D eigenvalue weighted by molar-refractivity contribution is 5.78. The number of carbonyl (C=O) groups is 1. The second-order valence-corrected chi connectivity index (χ2v) is 5.33. The van der Waals surface area contributed by atoms with E-state index >= 15 is 0 Å². The van der Waals surface area contributed by atoms with Gasteiger partial charge in [0.2, 0.25) is 5.91 Å². The fourth-order valence-electron chi connectivity index (χ4n) is 2.59. The molecule has 1 amide bonds. The van der Waals surface area contributed by atoms with E-state index in [4.69, 9.17) is 4.74 Å². The van der Waals surface area contributed by atoms with E-state index in [1.165, 1.54) is 6.42 Å². The van der Waals surface area contributed by atoms with E-state index < -0.39 is 0 Å². The number of piperidine rings is 1. The van der Waals surface area contributed by atoms with Crippen molar-refractivity contribution in [3.8, 4) is 0 Å². The molecule has 2 fully saturated rings. The quantitative estimate of drug-likeness (QED) is 0.763. The summed E-state index contributed by atoms with van der Waals surface area (Å²) in [6.45, 7) is 5.83. The molecular weight excluding hydrogens is 230 g/mol. The molecule has 2 saturated heterocycles. The van der Waals surface area contributed by atoms with E-state index in [1.54, 1.807) is 0 Å². The monoisotopic (exact) mass is 255 g/mol. The highest BCUT2D eigenvalue weighted by atomic mass is 16.5. The number of nitrogens with zero attached hydrogens (tertiary/aromatic N) is 2. The number of hydrogen-bond donors (Lipinski definition) is 1. The Kier molecular flexibility index (Phi) is 5.41. The second kappa shape index (κ2) is 7.07. The van der Waals surface area contributed by atoms with Gasteiger partial charge in [-0.3, -0.25) is 4.79 Å². The van der Waals surface area contributed by atoms with Gasteiger partial charge in [-0.05, 0) is 26.3 Å². The maximum absolute atomic E-state index is 11.9. The molecule has 2 rings (SSSR count). The number of likely N-dealkylation sites (N-methyl/N-ethyl adjacent to an activating group) is 1. The molecule has 0 radical (unpaired) electrons. The molecule has 1 atom stereocenters. The zero-order valence-corrected chi connectivity index (χ0v) is 11.4. The first-order chi connectivity index (χ1) is 8.75. The number of rotatable bonds is 4. The van der Waals surface area contributed by atoms with Crippen molar-refractivity contribution < 1.29 is 9.53 Å². The van der Waals surface area contributed by atoms with Gasteiger partial charge in [0.15, 0.2) is 0 Å². The van der Waals surface area contributed by atoms with Gasteiger partial charge in [0, 0.05) is 32.7 Å². The third-order valence-corrected chi connectivity index (χ3v) is 3.70. The average molecular weight is 255 g/mol. The Hall–Kier alpha value is -0.650. The van der Waals surface area contributed by atoms with Crippen molar-refractivity contribution >= 4 is 5.91 Å². The normalized spacial score (nSPS) is 26.3. The van der Waals surface area contributed by atoms with Gasteiger partial charge in [-0.15, -0.1) is 0 Å². The third-order valence-electron chi connectivity index (χ3n) is 3.70. The van der Waals surface area contributed by atoms with Crippen LogP contribution in [0.1, 0.15) is 19.3 Å². The van der Waals surface area contributed by atoms with Crippen molar-refractivity contribution in [2.45, 2.75) is 25.4 Å². The van der Waals surface area contributed by atoms with E-state index in [1.807, 2.05) is 4.90 Å². The number of carbonyl (C=O) groups excluding carboxylic acids is 1. The largest absolute Gasteiger partial charge is 0.374 e. The zero-order chi connectivity index (χ0) is 12.8. The van der Waals surface area contributed by atoms with Crippen LogP contribution < -0.4 is 5.32 Å². The molecule has 2 heterocycles. The molecule has 0 aliphatic carbocycles. The fourth-order valence-corrected chi connectivity index (χ4v) is 2.59. The van der Waals surface area contributed by atoms with Crippen molar-refractivity contribution in [2.75, 3.05) is 52.9 Å². The topological polar surface area (TPSA) is 44.8 Å². The molecule has 1 N–H and O–H groups in total. The van der Waals surface area contributed by atoms with Gasteiger partial charge in [0.25, 0.3) is 0 Å². The minimum absolute atomic E-state index is 0.220. The molecule has 0 aromatic rings. The predicted molar refractivity (Wildman–Crippen MR) is 70.5 cm³/mol. The number of nitrogens with one attached hydrogen (secondary N) is 1. The average Bonchev–Trinajstić information content (AvgIpc) is 2.40. The van der Waals surface area contributed by atoms with E-state index in [9.17, 15) is 4.79 Å². The Labute approximate surface area is 109 Å². The lowest BCUT2D eigenvalue weighted by Gasteiger charge is -2.31.